The highest BCUT2D eigenvalue weighted by Gasteiger charge is 2.20. The largest absolute Gasteiger partial charge is 0.256 e. The van der Waals surface area contributed by atoms with Crippen LogP contribution in [-0.2, 0) is 12.8 Å². The normalized spacial score (nSPS) is 18.3. The van der Waals surface area contributed by atoms with Gasteiger partial charge in [-0.1, -0.05) is 134 Å². The lowest BCUT2D eigenvalue weighted by Gasteiger charge is -2.28. The molecule has 0 radical (unpaired) electrons. The van der Waals surface area contributed by atoms with E-state index in [1.165, 1.54) is 126 Å². The molecule has 0 saturated heterocycles. The zero-order valence-corrected chi connectivity index (χ0v) is 22.4. The summed E-state index contributed by atoms with van der Waals surface area (Å²) in [6, 6.07) is 13.6. The predicted molar refractivity (Wildman–Crippen MR) is 149 cm³/mol. The van der Waals surface area contributed by atoms with E-state index in [9.17, 15) is 0 Å². The van der Waals surface area contributed by atoms with Crippen LogP contribution in [-0.4, -0.2) is 4.98 Å². The van der Waals surface area contributed by atoms with E-state index < -0.39 is 0 Å². The van der Waals surface area contributed by atoms with Crippen molar-refractivity contribution in [1.82, 2.24) is 4.98 Å². The van der Waals surface area contributed by atoms with E-state index in [-0.39, 0.29) is 0 Å². The van der Waals surface area contributed by atoms with Crippen LogP contribution in [0.3, 0.4) is 0 Å². The lowest BCUT2D eigenvalue weighted by atomic mass is 9.78. The Morgan fingerprint density at radius 2 is 1.12 bits per heavy atom. The van der Waals surface area contributed by atoms with Gasteiger partial charge in [0.15, 0.2) is 0 Å². The minimum absolute atomic E-state index is 1.01. The fourth-order valence-electron chi connectivity index (χ4n) is 5.77. The van der Waals surface area contributed by atoms with Crippen LogP contribution in [0.15, 0.2) is 42.6 Å². The van der Waals surface area contributed by atoms with Crippen molar-refractivity contribution in [3.05, 3.63) is 53.7 Å². The Balaban J connectivity index is 1.31. The van der Waals surface area contributed by atoms with Crippen molar-refractivity contribution in [3.8, 4) is 11.3 Å². The van der Waals surface area contributed by atoms with E-state index in [1.807, 2.05) is 0 Å². The zero-order chi connectivity index (χ0) is 23.8. The van der Waals surface area contributed by atoms with Gasteiger partial charge < -0.3 is 0 Å². The molecule has 1 fully saturated rings. The number of unbranched alkanes of at least 4 members (excludes halogenated alkanes) is 7. The number of hydrogen-bond acceptors (Lipinski definition) is 1. The summed E-state index contributed by atoms with van der Waals surface area (Å²) in [6.45, 7) is 4.59. The highest BCUT2D eigenvalue weighted by Crippen LogP contribution is 2.34. The Labute approximate surface area is 211 Å². The van der Waals surface area contributed by atoms with E-state index in [4.69, 9.17) is 4.98 Å². The van der Waals surface area contributed by atoms with E-state index in [1.54, 1.807) is 0 Å². The molecule has 1 aromatic carbocycles. The highest BCUT2D eigenvalue weighted by atomic mass is 14.7. The van der Waals surface area contributed by atoms with Crippen LogP contribution in [0.2, 0.25) is 0 Å². The van der Waals surface area contributed by atoms with E-state index in [0.717, 1.165) is 24.0 Å². The fourth-order valence-corrected chi connectivity index (χ4v) is 5.77. The summed E-state index contributed by atoms with van der Waals surface area (Å²) in [5.74, 6) is 2.05. The second-order valence-corrected chi connectivity index (χ2v) is 11.0. The van der Waals surface area contributed by atoms with Crippen molar-refractivity contribution >= 4 is 0 Å². The molecular formula is C33H51N. The van der Waals surface area contributed by atoms with Gasteiger partial charge in [-0.2, -0.15) is 0 Å². The highest BCUT2D eigenvalue weighted by molar-refractivity contribution is 5.59. The van der Waals surface area contributed by atoms with Gasteiger partial charge in [-0.05, 0) is 54.7 Å². The minimum Gasteiger partial charge on any atom is -0.256 e. The summed E-state index contributed by atoms with van der Waals surface area (Å²) in [6.07, 6.45) is 27.1. The lowest BCUT2D eigenvalue weighted by Crippen LogP contribution is -2.14. The molecule has 0 aliphatic heterocycles. The number of nitrogens with zero attached hydrogens (tertiary/aromatic N) is 1. The molecule has 1 heterocycles. The molecule has 1 aromatic heterocycles. The van der Waals surface area contributed by atoms with Crippen molar-refractivity contribution in [1.29, 1.82) is 0 Å². The van der Waals surface area contributed by atoms with Crippen LogP contribution in [0.5, 0.6) is 0 Å². The molecule has 1 heteroatoms. The molecule has 0 bridgehead atoms. The topological polar surface area (TPSA) is 12.9 Å². The molecule has 1 nitrogen and oxygen atoms in total. The second kappa shape index (κ2) is 16.1. The summed E-state index contributed by atoms with van der Waals surface area (Å²) in [5.41, 5.74) is 5.20. The molecule has 1 aliphatic rings. The van der Waals surface area contributed by atoms with E-state index >= 15 is 0 Å². The van der Waals surface area contributed by atoms with E-state index in [2.05, 4.69) is 56.4 Å². The van der Waals surface area contributed by atoms with Crippen LogP contribution in [0, 0.1) is 11.8 Å². The first-order valence-electron chi connectivity index (χ1n) is 14.8. The van der Waals surface area contributed by atoms with Gasteiger partial charge in [0.1, 0.15) is 0 Å². The molecule has 1 saturated carbocycles. The molecular weight excluding hydrogens is 410 g/mol. The van der Waals surface area contributed by atoms with E-state index in [0.29, 0.717) is 0 Å². The Bertz CT molecular complexity index is 752. The summed E-state index contributed by atoms with van der Waals surface area (Å²) in [7, 11) is 0. The molecule has 0 N–H and O–H groups in total. The van der Waals surface area contributed by atoms with Gasteiger partial charge in [-0.3, -0.25) is 4.98 Å². The summed E-state index contributed by atoms with van der Waals surface area (Å²) < 4.78 is 0. The van der Waals surface area contributed by atoms with Crippen LogP contribution < -0.4 is 0 Å². The molecule has 34 heavy (non-hydrogen) atoms. The van der Waals surface area contributed by atoms with Gasteiger partial charge in [0.2, 0.25) is 0 Å². The summed E-state index contributed by atoms with van der Waals surface area (Å²) >= 11 is 0. The van der Waals surface area contributed by atoms with Crippen molar-refractivity contribution in [2.45, 2.75) is 129 Å². The molecule has 188 valence electrons. The third-order valence-electron chi connectivity index (χ3n) is 8.15. The minimum atomic E-state index is 1.01. The fraction of sp³-hybridized carbons (Fsp3) is 0.667. The van der Waals surface area contributed by atoms with Crippen molar-refractivity contribution < 1.29 is 0 Å². The first-order valence-corrected chi connectivity index (χ1v) is 14.8. The van der Waals surface area contributed by atoms with Gasteiger partial charge in [0.05, 0.1) is 5.69 Å². The maximum absolute atomic E-state index is 4.75. The van der Waals surface area contributed by atoms with Crippen molar-refractivity contribution in [3.63, 3.8) is 0 Å². The molecule has 2 aromatic rings. The SMILES string of the molecule is CCCCCCCc1ccc(-c2ccc(CCCCC3CCC(CCCCC)CC3)cc2)nc1. The smallest absolute Gasteiger partial charge is 0.0702 e. The van der Waals surface area contributed by atoms with Gasteiger partial charge in [0.25, 0.3) is 0 Å². The number of rotatable bonds is 16. The van der Waals surface area contributed by atoms with Crippen LogP contribution in [0.4, 0.5) is 0 Å². The predicted octanol–water partition coefficient (Wildman–Crippen LogP) is 10.4. The maximum Gasteiger partial charge on any atom is 0.0702 e. The molecule has 0 amide bonds. The first kappa shape index (κ1) is 27.0. The van der Waals surface area contributed by atoms with Crippen LogP contribution >= 0.6 is 0 Å². The standard InChI is InChI=1S/C33H51N/c1-3-5-7-8-10-16-31-23-26-33(34-27-31)32-24-21-30(22-25-32)15-12-11-14-29-19-17-28(18-20-29)13-9-6-4-2/h21-29H,3-20H2,1-2H3. The van der Waals surface area contributed by atoms with Crippen molar-refractivity contribution in [2.24, 2.45) is 11.8 Å². The van der Waals surface area contributed by atoms with Gasteiger partial charge >= 0.3 is 0 Å². The van der Waals surface area contributed by atoms with Gasteiger partial charge in [-0.15, -0.1) is 0 Å². The number of aryl methyl sites for hydroxylation is 2. The third-order valence-corrected chi connectivity index (χ3v) is 8.15. The monoisotopic (exact) mass is 461 g/mol. The number of hydrogen-bond donors (Lipinski definition) is 0. The Kier molecular flexibility index (Phi) is 12.8. The Hall–Kier alpha value is -1.63. The average Bonchev–Trinajstić information content (AvgIpc) is 2.88. The second-order valence-electron chi connectivity index (χ2n) is 11.0. The zero-order valence-electron chi connectivity index (χ0n) is 22.4. The maximum atomic E-state index is 4.75. The van der Waals surface area contributed by atoms with Crippen LogP contribution in [0.25, 0.3) is 11.3 Å². The summed E-state index contributed by atoms with van der Waals surface area (Å²) in [4.78, 5) is 4.75. The number of benzene rings is 1. The number of aromatic nitrogens is 1. The third kappa shape index (κ3) is 9.93. The average molecular weight is 462 g/mol. The van der Waals surface area contributed by atoms with Crippen molar-refractivity contribution in [2.75, 3.05) is 0 Å². The van der Waals surface area contributed by atoms with Crippen LogP contribution in [0.1, 0.15) is 128 Å². The molecule has 1 aliphatic carbocycles. The Morgan fingerprint density at radius 3 is 1.74 bits per heavy atom. The quantitative estimate of drug-likeness (QED) is 0.226. The number of pyridine rings is 1. The van der Waals surface area contributed by atoms with Gasteiger partial charge in [-0.25, -0.2) is 0 Å². The molecule has 3 rings (SSSR count). The summed E-state index contributed by atoms with van der Waals surface area (Å²) in [5, 5.41) is 0. The Morgan fingerprint density at radius 1 is 0.588 bits per heavy atom. The molecule has 0 atom stereocenters. The lowest BCUT2D eigenvalue weighted by molar-refractivity contribution is 0.245. The molecule has 0 unspecified atom stereocenters. The molecule has 0 spiro atoms. The van der Waals surface area contributed by atoms with Gasteiger partial charge in [0, 0.05) is 11.8 Å². The first-order chi connectivity index (χ1) is 16.8.